The van der Waals surface area contributed by atoms with Crippen LogP contribution in [0.15, 0.2) is 59.5 Å². The Morgan fingerprint density at radius 2 is 2.00 bits per heavy atom. The van der Waals surface area contributed by atoms with Gasteiger partial charge < -0.3 is 10.1 Å². The van der Waals surface area contributed by atoms with Gasteiger partial charge in [-0.25, -0.2) is 4.98 Å². The largest absolute Gasteiger partial charge is 0.497 e. The van der Waals surface area contributed by atoms with Crippen LogP contribution in [-0.2, 0) is 6.42 Å². The molecular formula is C17H17N3O2. The molecule has 0 unspecified atom stereocenters. The summed E-state index contributed by atoms with van der Waals surface area (Å²) in [4.78, 5) is 16.4. The molecule has 5 heteroatoms. The van der Waals surface area contributed by atoms with Crippen LogP contribution in [0, 0.1) is 0 Å². The van der Waals surface area contributed by atoms with Crippen LogP contribution in [0.3, 0.4) is 0 Å². The third-order valence-corrected chi connectivity index (χ3v) is 3.45. The van der Waals surface area contributed by atoms with Crippen molar-refractivity contribution in [1.29, 1.82) is 0 Å². The summed E-state index contributed by atoms with van der Waals surface area (Å²) in [5.41, 5.74) is 1.75. The van der Waals surface area contributed by atoms with Crippen molar-refractivity contribution in [2.45, 2.75) is 6.42 Å². The van der Waals surface area contributed by atoms with E-state index in [1.807, 2.05) is 42.5 Å². The maximum absolute atomic E-state index is 12.0. The Kier molecular flexibility index (Phi) is 4.05. The molecule has 2 heterocycles. The van der Waals surface area contributed by atoms with E-state index in [1.165, 1.54) is 16.0 Å². The van der Waals surface area contributed by atoms with Gasteiger partial charge in [0.2, 0.25) is 0 Å². The van der Waals surface area contributed by atoms with Crippen molar-refractivity contribution in [2.24, 2.45) is 0 Å². The molecule has 0 fully saturated rings. The van der Waals surface area contributed by atoms with Crippen molar-refractivity contribution in [3.05, 3.63) is 70.6 Å². The number of aromatic nitrogens is 2. The van der Waals surface area contributed by atoms with Crippen molar-refractivity contribution in [1.82, 2.24) is 9.38 Å². The molecule has 0 saturated carbocycles. The molecule has 0 atom stereocenters. The zero-order chi connectivity index (χ0) is 15.4. The number of rotatable bonds is 5. The topological polar surface area (TPSA) is 55.6 Å². The summed E-state index contributed by atoms with van der Waals surface area (Å²) in [5, 5.41) is 3.20. The highest BCUT2D eigenvalue weighted by Crippen LogP contribution is 2.12. The lowest BCUT2D eigenvalue weighted by Crippen LogP contribution is -2.16. The third kappa shape index (κ3) is 3.09. The zero-order valence-corrected chi connectivity index (χ0v) is 12.3. The molecule has 22 heavy (non-hydrogen) atoms. The van der Waals surface area contributed by atoms with Gasteiger partial charge in [0.05, 0.1) is 7.11 Å². The standard InChI is InChI=1S/C17H17N3O2/c1-22-14-7-5-13(6-8-14)9-10-18-15-12-17(21)20-11-3-2-4-16(20)19-15/h2-8,11-12,18H,9-10H2,1H3. The van der Waals surface area contributed by atoms with Crippen molar-refractivity contribution < 1.29 is 4.74 Å². The number of nitrogens with one attached hydrogen (secondary N) is 1. The van der Waals surface area contributed by atoms with Crippen LogP contribution >= 0.6 is 0 Å². The van der Waals surface area contributed by atoms with Gasteiger partial charge in [-0.3, -0.25) is 9.20 Å². The molecule has 0 aliphatic rings. The Labute approximate surface area is 128 Å². The number of hydrogen-bond acceptors (Lipinski definition) is 4. The molecule has 0 radical (unpaired) electrons. The lowest BCUT2D eigenvalue weighted by atomic mass is 10.1. The molecule has 0 aliphatic heterocycles. The lowest BCUT2D eigenvalue weighted by Gasteiger charge is -2.07. The molecule has 112 valence electrons. The molecule has 0 bridgehead atoms. The van der Waals surface area contributed by atoms with Gasteiger partial charge in [0.15, 0.2) is 0 Å². The lowest BCUT2D eigenvalue weighted by molar-refractivity contribution is 0.414. The highest BCUT2D eigenvalue weighted by atomic mass is 16.5. The molecule has 0 aliphatic carbocycles. The van der Waals surface area contributed by atoms with E-state index in [-0.39, 0.29) is 5.56 Å². The molecular weight excluding hydrogens is 278 g/mol. The summed E-state index contributed by atoms with van der Waals surface area (Å²) in [5.74, 6) is 1.45. The summed E-state index contributed by atoms with van der Waals surface area (Å²) in [6.45, 7) is 0.710. The number of hydrogen-bond donors (Lipinski definition) is 1. The fourth-order valence-electron chi connectivity index (χ4n) is 2.27. The number of pyridine rings is 1. The summed E-state index contributed by atoms with van der Waals surface area (Å²) in [6, 6.07) is 14.9. The van der Waals surface area contributed by atoms with Crippen LogP contribution in [0.2, 0.25) is 0 Å². The molecule has 0 saturated heterocycles. The van der Waals surface area contributed by atoms with E-state index < -0.39 is 0 Å². The van der Waals surface area contributed by atoms with E-state index in [4.69, 9.17) is 4.74 Å². The van der Waals surface area contributed by atoms with Gasteiger partial charge in [0.25, 0.3) is 5.56 Å². The average molecular weight is 295 g/mol. The third-order valence-electron chi connectivity index (χ3n) is 3.45. The summed E-state index contributed by atoms with van der Waals surface area (Å²) < 4.78 is 6.66. The number of benzene rings is 1. The summed E-state index contributed by atoms with van der Waals surface area (Å²) in [7, 11) is 1.65. The van der Waals surface area contributed by atoms with E-state index in [2.05, 4.69) is 10.3 Å². The molecule has 0 spiro atoms. The minimum Gasteiger partial charge on any atom is -0.497 e. The molecule has 5 nitrogen and oxygen atoms in total. The summed E-state index contributed by atoms with van der Waals surface area (Å²) >= 11 is 0. The van der Waals surface area contributed by atoms with Crippen molar-refractivity contribution in [3.8, 4) is 5.75 Å². The van der Waals surface area contributed by atoms with E-state index in [0.29, 0.717) is 18.0 Å². The molecule has 1 aromatic carbocycles. The van der Waals surface area contributed by atoms with Gasteiger partial charge in [-0.05, 0) is 36.2 Å². The van der Waals surface area contributed by atoms with E-state index in [0.717, 1.165) is 12.2 Å². The Morgan fingerprint density at radius 1 is 1.18 bits per heavy atom. The Bertz CT molecular complexity index is 825. The maximum Gasteiger partial charge on any atom is 0.259 e. The van der Waals surface area contributed by atoms with Crippen molar-refractivity contribution >= 4 is 11.5 Å². The molecule has 0 amide bonds. The molecule has 1 N–H and O–H groups in total. The first-order valence-electron chi connectivity index (χ1n) is 7.11. The van der Waals surface area contributed by atoms with Crippen LogP contribution in [-0.4, -0.2) is 23.0 Å². The average Bonchev–Trinajstić information content (AvgIpc) is 2.56. The normalized spacial score (nSPS) is 10.6. The SMILES string of the molecule is COc1ccc(CCNc2cc(=O)n3ccccc3n2)cc1. The van der Waals surface area contributed by atoms with E-state index in [1.54, 1.807) is 13.3 Å². The number of fused-ring (bicyclic) bond motifs is 1. The minimum atomic E-state index is -0.0856. The van der Waals surface area contributed by atoms with E-state index >= 15 is 0 Å². The number of nitrogens with zero attached hydrogens (tertiary/aromatic N) is 2. The zero-order valence-electron chi connectivity index (χ0n) is 12.3. The second kappa shape index (κ2) is 6.30. The second-order valence-corrected chi connectivity index (χ2v) is 4.93. The van der Waals surface area contributed by atoms with Crippen molar-refractivity contribution in [2.75, 3.05) is 19.0 Å². The summed E-state index contributed by atoms with van der Waals surface area (Å²) in [6.07, 6.45) is 2.56. The molecule has 3 aromatic rings. The Hall–Kier alpha value is -2.82. The molecule has 3 rings (SSSR count). The van der Waals surface area contributed by atoms with Crippen LogP contribution in [0.5, 0.6) is 5.75 Å². The number of anilines is 1. The quantitative estimate of drug-likeness (QED) is 0.785. The fraction of sp³-hybridized carbons (Fsp3) is 0.176. The first-order chi connectivity index (χ1) is 10.8. The van der Waals surface area contributed by atoms with Gasteiger partial charge in [-0.1, -0.05) is 18.2 Å². The smallest absolute Gasteiger partial charge is 0.259 e. The van der Waals surface area contributed by atoms with Crippen LogP contribution in [0.4, 0.5) is 5.82 Å². The van der Waals surface area contributed by atoms with E-state index in [9.17, 15) is 4.79 Å². The second-order valence-electron chi connectivity index (χ2n) is 4.93. The van der Waals surface area contributed by atoms with Gasteiger partial charge in [0, 0.05) is 18.8 Å². The Balaban J connectivity index is 1.67. The predicted octanol–water partition coefficient (Wildman–Crippen LogP) is 2.36. The number of methoxy groups -OCH3 is 1. The van der Waals surface area contributed by atoms with Crippen molar-refractivity contribution in [3.63, 3.8) is 0 Å². The van der Waals surface area contributed by atoms with Crippen LogP contribution < -0.4 is 15.6 Å². The maximum atomic E-state index is 12.0. The highest BCUT2D eigenvalue weighted by molar-refractivity contribution is 5.46. The first kappa shape index (κ1) is 14.1. The highest BCUT2D eigenvalue weighted by Gasteiger charge is 2.01. The fourth-order valence-corrected chi connectivity index (χ4v) is 2.27. The van der Waals surface area contributed by atoms with Gasteiger partial charge in [0.1, 0.15) is 17.2 Å². The predicted molar refractivity (Wildman–Crippen MR) is 86.6 cm³/mol. The minimum absolute atomic E-state index is 0.0856. The number of ether oxygens (including phenoxy) is 1. The first-order valence-corrected chi connectivity index (χ1v) is 7.11. The monoisotopic (exact) mass is 295 g/mol. The van der Waals surface area contributed by atoms with Crippen LogP contribution in [0.1, 0.15) is 5.56 Å². The van der Waals surface area contributed by atoms with Crippen LogP contribution in [0.25, 0.3) is 5.65 Å². The van der Waals surface area contributed by atoms with Gasteiger partial charge in [-0.15, -0.1) is 0 Å². The Morgan fingerprint density at radius 3 is 2.77 bits per heavy atom. The molecule has 2 aromatic heterocycles. The van der Waals surface area contributed by atoms with Gasteiger partial charge >= 0.3 is 0 Å². The van der Waals surface area contributed by atoms with Gasteiger partial charge in [-0.2, -0.15) is 0 Å².